The van der Waals surface area contributed by atoms with Crippen LogP contribution in [0.15, 0.2) is 12.2 Å². The average Bonchev–Trinajstić information content (AvgIpc) is 3.14. The van der Waals surface area contributed by atoms with Crippen LogP contribution >= 0.6 is 12.2 Å². The molecule has 0 bridgehead atoms. The van der Waals surface area contributed by atoms with Gasteiger partial charge in [0.25, 0.3) is 0 Å². The monoisotopic (exact) mass is 488 g/mol. The highest BCUT2D eigenvalue weighted by Gasteiger charge is 2.61. The Hall–Kier alpha value is -1.47. The molecule has 0 radical (unpaired) electrons. The van der Waals surface area contributed by atoms with Crippen molar-refractivity contribution in [1.29, 1.82) is 0 Å². The third kappa shape index (κ3) is 4.43. The van der Waals surface area contributed by atoms with Gasteiger partial charge in [0.15, 0.2) is 5.11 Å². The van der Waals surface area contributed by atoms with Gasteiger partial charge in [0.2, 0.25) is 11.8 Å². The number of nitrogens with one attached hydrogen (secondary N) is 2. The fourth-order valence-electron chi connectivity index (χ4n) is 8.03. The topological polar surface area (TPSA) is 64.7 Å². The molecule has 6 nitrogen and oxygen atoms in total. The smallest absolute Gasteiger partial charge is 0.243 e. The van der Waals surface area contributed by atoms with Crippen molar-refractivity contribution in [2.24, 2.45) is 34.5 Å². The molecule has 3 fully saturated rings. The van der Waals surface area contributed by atoms with Gasteiger partial charge in [0.05, 0.1) is 0 Å². The summed E-state index contributed by atoms with van der Waals surface area (Å²) >= 11 is 5.67. The molecule has 3 saturated carbocycles. The zero-order valence-corrected chi connectivity index (χ0v) is 22.5. The number of thiocarbonyl (C=S) groups is 1. The number of amides is 2. The van der Waals surface area contributed by atoms with Crippen LogP contribution < -0.4 is 10.6 Å². The quantitative estimate of drug-likeness (QED) is 0.560. The SMILES string of the molecule is CCNC(=S)N(CCCN(C)C)C(=O)C1CC[C@H]2[C@@H]3CCC4NC(=O)C=C[C@]4(C)[C@@H]3CC[C@]12C. The summed E-state index contributed by atoms with van der Waals surface area (Å²) in [5.74, 6) is 2.10. The third-order valence-corrected chi connectivity index (χ3v) is 10.2. The van der Waals surface area contributed by atoms with Crippen molar-refractivity contribution in [3.63, 3.8) is 0 Å². The molecule has 0 aromatic carbocycles. The van der Waals surface area contributed by atoms with E-state index in [4.69, 9.17) is 12.2 Å². The molecule has 2 unspecified atom stereocenters. The third-order valence-electron chi connectivity index (χ3n) is 9.81. The van der Waals surface area contributed by atoms with E-state index in [-0.39, 0.29) is 34.6 Å². The molecule has 4 aliphatic rings. The number of nitrogens with zero attached hydrogens (tertiary/aromatic N) is 2. The fraction of sp³-hybridized carbons (Fsp3) is 0.815. The summed E-state index contributed by atoms with van der Waals surface area (Å²) in [4.78, 5) is 30.0. The van der Waals surface area contributed by atoms with Gasteiger partial charge in [-0.15, -0.1) is 0 Å². The van der Waals surface area contributed by atoms with E-state index in [2.05, 4.69) is 49.6 Å². The highest BCUT2D eigenvalue weighted by Crippen LogP contribution is 2.65. The number of rotatable bonds is 6. The first-order valence-corrected chi connectivity index (χ1v) is 13.8. The number of hydrogen-bond acceptors (Lipinski definition) is 4. The lowest BCUT2D eigenvalue weighted by Gasteiger charge is -2.58. The van der Waals surface area contributed by atoms with Crippen LogP contribution in [0.4, 0.5) is 0 Å². The molecule has 3 aliphatic carbocycles. The molecule has 2 amide bonds. The number of carbonyl (C=O) groups excluding carboxylic acids is 2. The molecule has 4 rings (SSSR count). The van der Waals surface area contributed by atoms with Crippen molar-refractivity contribution in [3.8, 4) is 0 Å². The van der Waals surface area contributed by atoms with Crippen LogP contribution in [0.2, 0.25) is 0 Å². The summed E-state index contributed by atoms with van der Waals surface area (Å²) in [6, 6.07) is 0.249. The zero-order valence-electron chi connectivity index (χ0n) is 21.7. The molecule has 1 heterocycles. The molecule has 0 spiro atoms. The Morgan fingerprint density at radius 2 is 1.91 bits per heavy atom. The van der Waals surface area contributed by atoms with Gasteiger partial charge in [-0.05, 0) is 114 Å². The predicted octanol–water partition coefficient (Wildman–Crippen LogP) is 3.57. The van der Waals surface area contributed by atoms with Crippen LogP contribution in [0, 0.1) is 34.5 Å². The second kappa shape index (κ2) is 9.88. The first kappa shape index (κ1) is 25.6. The Balaban J connectivity index is 1.53. The van der Waals surface area contributed by atoms with Crippen LogP contribution in [0.1, 0.15) is 65.7 Å². The normalized spacial score (nSPS) is 38.5. The van der Waals surface area contributed by atoms with E-state index in [9.17, 15) is 9.59 Å². The summed E-state index contributed by atoms with van der Waals surface area (Å²) in [5.41, 5.74) is 0.0653. The van der Waals surface area contributed by atoms with Crippen LogP contribution in [0.3, 0.4) is 0 Å². The first-order valence-electron chi connectivity index (χ1n) is 13.4. The maximum atomic E-state index is 14.0. The minimum absolute atomic E-state index is 0.0324. The van der Waals surface area contributed by atoms with Crippen LogP contribution in [-0.4, -0.2) is 66.5 Å². The van der Waals surface area contributed by atoms with Crippen molar-refractivity contribution >= 4 is 29.1 Å². The Bertz CT molecular complexity index is 844. The fourth-order valence-corrected chi connectivity index (χ4v) is 8.36. The Morgan fingerprint density at radius 1 is 1.15 bits per heavy atom. The van der Waals surface area contributed by atoms with E-state index in [0.717, 1.165) is 58.0 Å². The Kier molecular flexibility index (Phi) is 7.45. The first-order chi connectivity index (χ1) is 16.1. The Morgan fingerprint density at radius 3 is 2.62 bits per heavy atom. The lowest BCUT2D eigenvalue weighted by Crippen LogP contribution is -2.59. The molecule has 0 saturated heterocycles. The lowest BCUT2D eigenvalue weighted by molar-refractivity contribution is -0.140. The molecule has 2 N–H and O–H groups in total. The highest BCUT2D eigenvalue weighted by molar-refractivity contribution is 7.80. The molecule has 7 atom stereocenters. The molecule has 0 aromatic heterocycles. The Labute approximate surface area is 211 Å². The van der Waals surface area contributed by atoms with Gasteiger partial charge in [0, 0.05) is 30.5 Å². The van der Waals surface area contributed by atoms with Gasteiger partial charge in [-0.3, -0.25) is 14.5 Å². The summed E-state index contributed by atoms with van der Waals surface area (Å²) in [6.07, 6.45) is 11.4. The van der Waals surface area contributed by atoms with Crippen molar-refractivity contribution < 1.29 is 9.59 Å². The van der Waals surface area contributed by atoms with E-state index >= 15 is 0 Å². The maximum absolute atomic E-state index is 14.0. The van der Waals surface area contributed by atoms with Crippen LogP contribution in [0.5, 0.6) is 0 Å². The highest BCUT2D eigenvalue weighted by atomic mass is 32.1. The van der Waals surface area contributed by atoms with Gasteiger partial charge in [-0.2, -0.15) is 0 Å². The van der Waals surface area contributed by atoms with Crippen LogP contribution in [-0.2, 0) is 9.59 Å². The molecule has 190 valence electrons. The number of carbonyl (C=O) groups is 2. The lowest BCUT2D eigenvalue weighted by atomic mass is 9.48. The summed E-state index contributed by atoms with van der Waals surface area (Å²) in [6.45, 7) is 9.13. The second-order valence-electron chi connectivity index (χ2n) is 11.9. The van der Waals surface area contributed by atoms with E-state index in [1.54, 1.807) is 6.08 Å². The summed E-state index contributed by atoms with van der Waals surface area (Å²) in [5, 5.41) is 7.07. The zero-order chi connectivity index (χ0) is 24.7. The number of hydrogen-bond donors (Lipinski definition) is 2. The molecular weight excluding hydrogens is 444 g/mol. The van der Waals surface area contributed by atoms with Gasteiger partial charge >= 0.3 is 0 Å². The largest absolute Gasteiger partial charge is 0.362 e. The molecule has 7 heteroatoms. The van der Waals surface area contributed by atoms with Gasteiger partial charge in [-0.25, -0.2) is 0 Å². The van der Waals surface area contributed by atoms with Crippen molar-refractivity contribution in [1.82, 2.24) is 20.4 Å². The van der Waals surface area contributed by atoms with E-state index in [1.165, 1.54) is 0 Å². The average molecular weight is 489 g/mol. The maximum Gasteiger partial charge on any atom is 0.243 e. The van der Waals surface area contributed by atoms with Gasteiger partial charge in [0.1, 0.15) is 0 Å². The van der Waals surface area contributed by atoms with Crippen molar-refractivity contribution in [2.45, 2.75) is 71.8 Å². The minimum Gasteiger partial charge on any atom is -0.362 e. The van der Waals surface area contributed by atoms with E-state index in [1.807, 2.05) is 11.8 Å². The number of fused-ring (bicyclic) bond motifs is 5. The molecular formula is C27H44N4O2S. The summed E-state index contributed by atoms with van der Waals surface area (Å²) < 4.78 is 0. The molecule has 1 aliphatic heterocycles. The van der Waals surface area contributed by atoms with Crippen molar-refractivity contribution in [2.75, 3.05) is 33.7 Å². The van der Waals surface area contributed by atoms with Gasteiger partial charge in [-0.1, -0.05) is 19.9 Å². The molecule has 34 heavy (non-hydrogen) atoms. The standard InChI is InChI=1S/C27H44N4O2S/c1-6-28-25(34)31(17-7-16-30(4)5)24(33)21-10-9-19-18-8-11-22-27(3,15-13-23(32)29-22)20(18)12-14-26(19,21)2/h13,15,18-22H,6-12,14,16-17H2,1-5H3,(H,28,34)(H,29,32)/t18-,19-,20+,21?,22?,26-,27+/m0/s1. The van der Waals surface area contributed by atoms with Gasteiger partial charge < -0.3 is 15.5 Å². The van der Waals surface area contributed by atoms with E-state index < -0.39 is 0 Å². The minimum atomic E-state index is 0.0324. The van der Waals surface area contributed by atoms with E-state index in [0.29, 0.717) is 29.4 Å². The van der Waals surface area contributed by atoms with Crippen molar-refractivity contribution in [3.05, 3.63) is 12.2 Å². The predicted molar refractivity (Wildman–Crippen MR) is 140 cm³/mol. The molecule has 0 aromatic rings. The summed E-state index contributed by atoms with van der Waals surface area (Å²) in [7, 11) is 4.13. The second-order valence-corrected chi connectivity index (χ2v) is 12.3. The van der Waals surface area contributed by atoms with Crippen LogP contribution in [0.25, 0.3) is 0 Å².